The molecule has 0 heterocycles. The van der Waals surface area contributed by atoms with E-state index in [4.69, 9.17) is 0 Å². The smallest absolute Gasteiger partial charge is 0.269 e. The second kappa shape index (κ2) is 9.17. The molecule has 3 amide bonds. The second-order valence-corrected chi connectivity index (χ2v) is 7.26. The average molecular weight is 379 g/mol. The summed E-state index contributed by atoms with van der Waals surface area (Å²) in [5.41, 5.74) is 7.49. The quantitative estimate of drug-likeness (QED) is 0.694. The highest BCUT2D eigenvalue weighted by molar-refractivity contribution is 6.04. The van der Waals surface area contributed by atoms with Gasteiger partial charge < -0.3 is 5.32 Å². The van der Waals surface area contributed by atoms with E-state index in [1.807, 2.05) is 25.1 Å². The van der Waals surface area contributed by atoms with Crippen molar-refractivity contribution < 1.29 is 14.4 Å². The summed E-state index contributed by atoms with van der Waals surface area (Å²) < 4.78 is 0. The van der Waals surface area contributed by atoms with Gasteiger partial charge in [0.2, 0.25) is 5.91 Å². The Kier molecular flexibility index (Phi) is 6.42. The molecule has 3 rings (SSSR count). The van der Waals surface area contributed by atoms with Crippen LogP contribution in [0.15, 0.2) is 48.5 Å². The summed E-state index contributed by atoms with van der Waals surface area (Å²) in [7, 11) is 0. The Balaban J connectivity index is 1.49. The third-order valence-electron chi connectivity index (χ3n) is 4.95. The Morgan fingerprint density at radius 1 is 0.893 bits per heavy atom. The van der Waals surface area contributed by atoms with E-state index in [2.05, 4.69) is 16.2 Å². The number of hydrogen-bond acceptors (Lipinski definition) is 3. The minimum Gasteiger partial charge on any atom is -0.322 e. The fourth-order valence-electron chi connectivity index (χ4n) is 3.42. The molecule has 146 valence electrons. The molecule has 0 radical (unpaired) electrons. The largest absolute Gasteiger partial charge is 0.322 e. The molecule has 0 saturated heterocycles. The van der Waals surface area contributed by atoms with Crippen LogP contribution in [-0.4, -0.2) is 17.7 Å². The van der Waals surface area contributed by atoms with Crippen molar-refractivity contribution in [1.29, 1.82) is 0 Å². The molecule has 1 aliphatic rings. The van der Waals surface area contributed by atoms with Crippen LogP contribution < -0.4 is 16.2 Å². The molecule has 0 unspecified atom stereocenters. The highest BCUT2D eigenvalue weighted by atomic mass is 16.2. The van der Waals surface area contributed by atoms with Gasteiger partial charge in [-0.05, 0) is 62.1 Å². The van der Waals surface area contributed by atoms with Crippen LogP contribution in [0.4, 0.5) is 5.69 Å². The monoisotopic (exact) mass is 379 g/mol. The van der Waals surface area contributed by atoms with E-state index in [-0.39, 0.29) is 11.8 Å². The van der Waals surface area contributed by atoms with Gasteiger partial charge >= 0.3 is 0 Å². The van der Waals surface area contributed by atoms with Crippen LogP contribution in [0, 0.1) is 12.8 Å². The van der Waals surface area contributed by atoms with E-state index < -0.39 is 5.91 Å². The number of benzene rings is 2. The maximum atomic E-state index is 12.3. The lowest BCUT2D eigenvalue weighted by atomic mass is 10.0. The van der Waals surface area contributed by atoms with Gasteiger partial charge in [0, 0.05) is 23.2 Å². The minimum atomic E-state index is -0.392. The Morgan fingerprint density at radius 3 is 2.29 bits per heavy atom. The van der Waals surface area contributed by atoms with Gasteiger partial charge in [0.25, 0.3) is 11.8 Å². The van der Waals surface area contributed by atoms with Crippen LogP contribution in [-0.2, 0) is 4.79 Å². The first kappa shape index (κ1) is 19.6. The molecule has 2 aromatic carbocycles. The lowest BCUT2D eigenvalue weighted by molar-refractivity contribution is -0.122. The normalized spacial score (nSPS) is 13.8. The van der Waals surface area contributed by atoms with Crippen molar-refractivity contribution in [3.8, 4) is 0 Å². The molecule has 0 atom stereocenters. The predicted molar refractivity (Wildman–Crippen MR) is 108 cm³/mol. The third kappa shape index (κ3) is 5.42. The van der Waals surface area contributed by atoms with Crippen LogP contribution in [0.3, 0.4) is 0 Å². The molecule has 6 heteroatoms. The fraction of sp³-hybridized carbons (Fsp3) is 0.318. The molecule has 1 aliphatic carbocycles. The van der Waals surface area contributed by atoms with Crippen LogP contribution >= 0.6 is 0 Å². The molecule has 0 aromatic heterocycles. The van der Waals surface area contributed by atoms with Crippen molar-refractivity contribution >= 4 is 23.4 Å². The zero-order valence-electron chi connectivity index (χ0n) is 16.0. The van der Waals surface area contributed by atoms with Gasteiger partial charge in [0.15, 0.2) is 0 Å². The van der Waals surface area contributed by atoms with Crippen molar-refractivity contribution in [3.05, 3.63) is 65.2 Å². The average Bonchev–Trinajstić information content (AvgIpc) is 3.19. The Morgan fingerprint density at radius 2 is 1.61 bits per heavy atom. The number of amides is 3. The summed E-state index contributed by atoms with van der Waals surface area (Å²) in [5, 5.41) is 2.80. The molecule has 28 heavy (non-hydrogen) atoms. The highest BCUT2D eigenvalue weighted by Crippen LogP contribution is 2.27. The molecule has 6 nitrogen and oxygen atoms in total. The summed E-state index contributed by atoms with van der Waals surface area (Å²) in [6.45, 7) is 1.93. The van der Waals surface area contributed by atoms with E-state index in [1.165, 1.54) is 12.8 Å². The van der Waals surface area contributed by atoms with Gasteiger partial charge in [-0.3, -0.25) is 25.2 Å². The number of carbonyl (C=O) groups is 3. The number of aryl methyl sites for hydroxylation is 1. The summed E-state index contributed by atoms with van der Waals surface area (Å²) >= 11 is 0. The maximum absolute atomic E-state index is 12.3. The zero-order chi connectivity index (χ0) is 19.9. The molecule has 1 saturated carbocycles. The molecule has 0 aliphatic heterocycles. The summed E-state index contributed by atoms with van der Waals surface area (Å²) in [6, 6.07) is 13.8. The molecule has 0 spiro atoms. The first-order valence-electron chi connectivity index (χ1n) is 9.58. The number of rotatable bonds is 5. The minimum absolute atomic E-state index is 0.165. The first-order chi connectivity index (χ1) is 13.5. The van der Waals surface area contributed by atoms with E-state index in [0.717, 1.165) is 18.4 Å². The van der Waals surface area contributed by atoms with Crippen LogP contribution in [0.25, 0.3) is 0 Å². The number of hydrogen-bond donors (Lipinski definition) is 3. The van der Waals surface area contributed by atoms with Crippen LogP contribution in [0.1, 0.15) is 58.4 Å². The number of carbonyl (C=O) groups excluding carboxylic acids is 3. The lowest BCUT2D eigenvalue weighted by Crippen LogP contribution is -2.42. The van der Waals surface area contributed by atoms with Crippen molar-refractivity contribution in [1.82, 2.24) is 10.9 Å². The second-order valence-electron chi connectivity index (χ2n) is 7.26. The Hall–Kier alpha value is -3.15. The topological polar surface area (TPSA) is 87.3 Å². The van der Waals surface area contributed by atoms with Gasteiger partial charge in [-0.15, -0.1) is 0 Å². The first-order valence-corrected chi connectivity index (χ1v) is 9.58. The molecule has 0 bridgehead atoms. The predicted octanol–water partition coefficient (Wildman–Crippen LogP) is 3.59. The van der Waals surface area contributed by atoms with Crippen molar-refractivity contribution in [3.63, 3.8) is 0 Å². The molecular formula is C22H25N3O3. The van der Waals surface area contributed by atoms with Crippen molar-refractivity contribution in [2.45, 2.75) is 39.0 Å². The van der Waals surface area contributed by atoms with Gasteiger partial charge in [-0.2, -0.15) is 0 Å². The standard InChI is InChI=1S/C22H25N3O3/c1-15-5-4-8-18(13-15)21(27)23-19-11-9-17(10-12-19)22(28)25-24-20(26)14-16-6-2-3-7-16/h4-5,8-13,16H,2-3,6-7,14H2,1H3,(H,23,27)(H,24,26)(H,25,28). The molecular weight excluding hydrogens is 354 g/mol. The molecule has 3 N–H and O–H groups in total. The lowest BCUT2D eigenvalue weighted by Gasteiger charge is -2.11. The number of hydrazine groups is 1. The van der Waals surface area contributed by atoms with Crippen LogP contribution in [0.2, 0.25) is 0 Å². The van der Waals surface area contributed by atoms with Gasteiger partial charge in [-0.25, -0.2) is 0 Å². The zero-order valence-corrected chi connectivity index (χ0v) is 16.0. The van der Waals surface area contributed by atoms with E-state index in [1.54, 1.807) is 30.3 Å². The summed E-state index contributed by atoms with van der Waals surface area (Å²) in [4.78, 5) is 36.3. The Bertz CT molecular complexity index is 856. The molecule has 1 fully saturated rings. The van der Waals surface area contributed by atoms with Crippen molar-refractivity contribution in [2.24, 2.45) is 5.92 Å². The maximum Gasteiger partial charge on any atom is 0.269 e. The summed E-state index contributed by atoms with van der Waals surface area (Å²) in [5.74, 6) is -0.341. The SMILES string of the molecule is Cc1cccc(C(=O)Nc2ccc(C(=O)NNC(=O)CC3CCCC3)cc2)c1. The Labute approximate surface area is 164 Å². The van der Waals surface area contributed by atoms with Gasteiger partial charge in [0.1, 0.15) is 0 Å². The highest BCUT2D eigenvalue weighted by Gasteiger charge is 2.18. The third-order valence-corrected chi connectivity index (χ3v) is 4.95. The summed E-state index contributed by atoms with van der Waals surface area (Å²) in [6.07, 6.45) is 4.96. The van der Waals surface area contributed by atoms with Crippen molar-refractivity contribution in [2.75, 3.05) is 5.32 Å². The fourth-order valence-corrected chi connectivity index (χ4v) is 3.42. The van der Waals surface area contributed by atoms with Gasteiger partial charge in [0.05, 0.1) is 0 Å². The number of anilines is 1. The van der Waals surface area contributed by atoms with E-state index in [0.29, 0.717) is 29.2 Å². The van der Waals surface area contributed by atoms with Gasteiger partial charge in [-0.1, -0.05) is 30.5 Å². The van der Waals surface area contributed by atoms with E-state index in [9.17, 15) is 14.4 Å². The van der Waals surface area contributed by atoms with E-state index >= 15 is 0 Å². The van der Waals surface area contributed by atoms with Crippen LogP contribution in [0.5, 0.6) is 0 Å². The molecule has 2 aromatic rings. The number of nitrogens with one attached hydrogen (secondary N) is 3.